The highest BCUT2D eigenvalue weighted by Crippen LogP contribution is 2.38. The molecule has 20 heavy (non-hydrogen) atoms. The van der Waals surface area contributed by atoms with Crippen LogP contribution in [0.5, 0.6) is 0 Å². The average molecular weight is 284 g/mol. The molecule has 2 aliphatic rings. The summed E-state index contributed by atoms with van der Waals surface area (Å²) < 4.78 is 5.17. The molecule has 1 amide bonds. The van der Waals surface area contributed by atoms with Crippen molar-refractivity contribution in [3.8, 4) is 0 Å². The maximum Gasteiger partial charge on any atom is 0.311 e. The molecule has 0 aromatic carbocycles. The second-order valence-corrected chi connectivity index (χ2v) is 6.29. The molecular formula is C14H24N2O4. The van der Waals surface area contributed by atoms with E-state index < -0.39 is 11.4 Å². The van der Waals surface area contributed by atoms with Crippen LogP contribution in [0.3, 0.4) is 0 Å². The van der Waals surface area contributed by atoms with Gasteiger partial charge in [0, 0.05) is 12.6 Å². The largest absolute Gasteiger partial charge is 0.481 e. The Kier molecular flexibility index (Phi) is 4.65. The highest BCUT2D eigenvalue weighted by Gasteiger charge is 2.42. The van der Waals surface area contributed by atoms with E-state index in [1.54, 1.807) is 0 Å². The first-order chi connectivity index (χ1) is 9.44. The van der Waals surface area contributed by atoms with Crippen molar-refractivity contribution in [2.75, 3.05) is 19.8 Å². The number of carboxylic acid groups (broad SMARTS) is 1. The lowest BCUT2D eigenvalue weighted by Crippen LogP contribution is -2.48. The zero-order valence-corrected chi connectivity index (χ0v) is 11.9. The van der Waals surface area contributed by atoms with Crippen LogP contribution in [-0.2, 0) is 14.3 Å². The molecule has 2 fully saturated rings. The summed E-state index contributed by atoms with van der Waals surface area (Å²) >= 11 is 0. The smallest absolute Gasteiger partial charge is 0.311 e. The summed E-state index contributed by atoms with van der Waals surface area (Å²) in [6.45, 7) is 3.04. The van der Waals surface area contributed by atoms with Gasteiger partial charge in [0.1, 0.15) is 0 Å². The van der Waals surface area contributed by atoms with E-state index in [1.165, 1.54) is 0 Å². The third-order valence-corrected chi connectivity index (χ3v) is 4.75. The van der Waals surface area contributed by atoms with Crippen LogP contribution in [0, 0.1) is 17.3 Å². The molecule has 0 aromatic rings. The van der Waals surface area contributed by atoms with E-state index in [4.69, 9.17) is 10.5 Å². The Bertz CT molecular complexity index is 377. The Labute approximate surface area is 119 Å². The lowest BCUT2D eigenvalue weighted by Gasteiger charge is -2.36. The summed E-state index contributed by atoms with van der Waals surface area (Å²) in [6.07, 6.45) is 3.04. The zero-order chi connectivity index (χ0) is 14.8. The van der Waals surface area contributed by atoms with Crippen LogP contribution in [0.25, 0.3) is 0 Å². The SMILES string of the molecule is CC1CCC(CNC(=O)C2COCC2N)(C(=O)O)CC1. The van der Waals surface area contributed by atoms with Gasteiger partial charge in [0.05, 0.1) is 24.5 Å². The lowest BCUT2D eigenvalue weighted by molar-refractivity contribution is -0.151. The van der Waals surface area contributed by atoms with E-state index in [1.807, 2.05) is 0 Å². The van der Waals surface area contributed by atoms with Gasteiger partial charge in [-0.1, -0.05) is 6.92 Å². The fraction of sp³-hybridized carbons (Fsp3) is 0.857. The van der Waals surface area contributed by atoms with E-state index in [0.29, 0.717) is 32.0 Å². The number of nitrogens with one attached hydrogen (secondary N) is 1. The predicted molar refractivity (Wildman–Crippen MR) is 73.0 cm³/mol. The fourth-order valence-electron chi connectivity index (χ4n) is 3.01. The number of hydrogen-bond acceptors (Lipinski definition) is 4. The van der Waals surface area contributed by atoms with Crippen molar-refractivity contribution in [3.05, 3.63) is 0 Å². The number of amides is 1. The van der Waals surface area contributed by atoms with Crippen LogP contribution in [0.1, 0.15) is 32.6 Å². The summed E-state index contributed by atoms with van der Waals surface area (Å²) in [5.74, 6) is -0.788. The maximum absolute atomic E-state index is 12.1. The normalized spacial score (nSPS) is 37.6. The Balaban J connectivity index is 1.92. The minimum atomic E-state index is -0.814. The Morgan fingerprint density at radius 2 is 2.00 bits per heavy atom. The molecule has 0 radical (unpaired) electrons. The number of carbonyl (C=O) groups is 2. The van der Waals surface area contributed by atoms with Crippen molar-refractivity contribution in [2.24, 2.45) is 23.0 Å². The Hall–Kier alpha value is -1.14. The second-order valence-electron chi connectivity index (χ2n) is 6.29. The summed E-state index contributed by atoms with van der Waals surface area (Å²) in [4.78, 5) is 23.6. The van der Waals surface area contributed by atoms with Crippen LogP contribution in [0.4, 0.5) is 0 Å². The van der Waals surface area contributed by atoms with E-state index in [2.05, 4.69) is 12.2 Å². The molecule has 1 saturated heterocycles. The zero-order valence-electron chi connectivity index (χ0n) is 11.9. The number of hydrogen-bond donors (Lipinski definition) is 3. The van der Waals surface area contributed by atoms with E-state index in [0.717, 1.165) is 12.8 Å². The van der Waals surface area contributed by atoms with Crippen molar-refractivity contribution >= 4 is 11.9 Å². The second kappa shape index (κ2) is 6.10. The molecule has 2 atom stereocenters. The van der Waals surface area contributed by atoms with Gasteiger partial charge in [0.25, 0.3) is 0 Å². The number of rotatable bonds is 4. The third-order valence-electron chi connectivity index (χ3n) is 4.75. The lowest BCUT2D eigenvalue weighted by atomic mass is 9.70. The molecule has 6 nitrogen and oxygen atoms in total. The van der Waals surface area contributed by atoms with Crippen molar-refractivity contribution < 1.29 is 19.4 Å². The molecule has 114 valence electrons. The first kappa shape index (κ1) is 15.3. The first-order valence-electron chi connectivity index (χ1n) is 7.29. The van der Waals surface area contributed by atoms with Gasteiger partial charge in [0.2, 0.25) is 5.91 Å². The van der Waals surface area contributed by atoms with Crippen LogP contribution >= 0.6 is 0 Å². The highest BCUT2D eigenvalue weighted by molar-refractivity contribution is 5.81. The third kappa shape index (κ3) is 3.12. The van der Waals surface area contributed by atoms with Crippen LogP contribution in [0.2, 0.25) is 0 Å². The van der Waals surface area contributed by atoms with Gasteiger partial charge in [-0.3, -0.25) is 9.59 Å². The van der Waals surface area contributed by atoms with Crippen molar-refractivity contribution in [3.63, 3.8) is 0 Å². The van der Waals surface area contributed by atoms with Gasteiger partial charge in [-0.05, 0) is 31.6 Å². The van der Waals surface area contributed by atoms with Gasteiger partial charge in [-0.15, -0.1) is 0 Å². The predicted octanol–water partition coefficient (Wildman–Crippen LogP) is 0.357. The van der Waals surface area contributed by atoms with Crippen LogP contribution in [-0.4, -0.2) is 42.8 Å². The summed E-state index contributed by atoms with van der Waals surface area (Å²) in [6, 6.07) is -0.290. The quantitative estimate of drug-likeness (QED) is 0.691. The van der Waals surface area contributed by atoms with E-state index in [9.17, 15) is 14.7 Å². The first-order valence-corrected chi connectivity index (χ1v) is 7.29. The minimum Gasteiger partial charge on any atom is -0.481 e. The van der Waals surface area contributed by atoms with Crippen molar-refractivity contribution in [1.29, 1.82) is 0 Å². The Morgan fingerprint density at radius 1 is 1.35 bits per heavy atom. The van der Waals surface area contributed by atoms with E-state index >= 15 is 0 Å². The Morgan fingerprint density at radius 3 is 2.50 bits per heavy atom. The molecule has 4 N–H and O–H groups in total. The van der Waals surface area contributed by atoms with E-state index in [-0.39, 0.29) is 24.4 Å². The molecule has 1 heterocycles. The monoisotopic (exact) mass is 284 g/mol. The molecule has 1 saturated carbocycles. The van der Waals surface area contributed by atoms with Crippen LogP contribution < -0.4 is 11.1 Å². The number of ether oxygens (including phenoxy) is 1. The topological polar surface area (TPSA) is 102 Å². The molecule has 2 rings (SSSR count). The number of carbonyl (C=O) groups excluding carboxylic acids is 1. The highest BCUT2D eigenvalue weighted by atomic mass is 16.5. The molecule has 0 bridgehead atoms. The van der Waals surface area contributed by atoms with Crippen molar-refractivity contribution in [1.82, 2.24) is 5.32 Å². The fourth-order valence-corrected chi connectivity index (χ4v) is 3.01. The summed E-state index contributed by atoms with van der Waals surface area (Å²) in [5, 5.41) is 12.3. The number of carboxylic acids is 1. The average Bonchev–Trinajstić information content (AvgIpc) is 2.84. The van der Waals surface area contributed by atoms with Gasteiger partial charge < -0.3 is 20.9 Å². The molecule has 1 aliphatic heterocycles. The number of aliphatic carboxylic acids is 1. The van der Waals surface area contributed by atoms with Crippen molar-refractivity contribution in [2.45, 2.75) is 38.6 Å². The molecule has 0 spiro atoms. The molecule has 6 heteroatoms. The molecule has 0 aromatic heterocycles. The van der Waals surface area contributed by atoms with Gasteiger partial charge >= 0.3 is 5.97 Å². The standard InChI is InChI=1S/C14H24N2O4/c1-9-2-4-14(5-3-9,13(18)19)8-16-12(17)10-6-20-7-11(10)15/h9-11H,2-8,15H2,1H3,(H,16,17)(H,18,19). The maximum atomic E-state index is 12.1. The van der Waals surface area contributed by atoms with Gasteiger partial charge in [-0.2, -0.15) is 0 Å². The molecule has 2 unspecified atom stereocenters. The summed E-state index contributed by atoms with van der Waals surface area (Å²) in [5.41, 5.74) is 4.98. The summed E-state index contributed by atoms with van der Waals surface area (Å²) in [7, 11) is 0. The minimum absolute atomic E-state index is 0.186. The number of nitrogens with two attached hydrogens (primary N) is 1. The van der Waals surface area contributed by atoms with Gasteiger partial charge in [-0.25, -0.2) is 0 Å². The molecule has 1 aliphatic carbocycles. The molecular weight excluding hydrogens is 260 g/mol. The van der Waals surface area contributed by atoms with Crippen LogP contribution in [0.15, 0.2) is 0 Å². The van der Waals surface area contributed by atoms with Gasteiger partial charge in [0.15, 0.2) is 0 Å².